The number of fused-ring (bicyclic) bond motifs is 3. The number of aromatic nitrogens is 3. The van der Waals surface area contributed by atoms with Gasteiger partial charge in [-0.15, -0.1) is 21.5 Å². The Bertz CT molecular complexity index is 1470. The molecule has 0 radical (unpaired) electrons. The van der Waals surface area contributed by atoms with Crippen LogP contribution in [-0.4, -0.2) is 31.6 Å². The second-order valence-electron chi connectivity index (χ2n) is 9.01. The fraction of sp³-hybridized carbons (Fsp3) is 0.259. The number of aliphatic imine (C=N–C) groups is 1. The van der Waals surface area contributed by atoms with Gasteiger partial charge in [-0.1, -0.05) is 24.3 Å². The lowest BCUT2D eigenvalue weighted by Crippen LogP contribution is -2.21. The SMILES string of the molecule is Cc1sc2c(c1C)C(c1ccc(NCc3ccc(F)cc3)cc1)=NC([C@H](C)C(=O)O)c1nnc(C)n1-2. The summed E-state index contributed by atoms with van der Waals surface area (Å²) in [6.45, 7) is 8.24. The van der Waals surface area contributed by atoms with Gasteiger partial charge in [-0.25, -0.2) is 4.39 Å². The van der Waals surface area contributed by atoms with Crippen LogP contribution in [0, 0.1) is 32.5 Å². The van der Waals surface area contributed by atoms with Crippen molar-refractivity contribution in [2.24, 2.45) is 10.9 Å². The highest BCUT2D eigenvalue weighted by atomic mass is 32.1. The van der Waals surface area contributed by atoms with E-state index in [0.29, 0.717) is 18.2 Å². The minimum atomic E-state index is -0.936. The molecule has 4 aromatic rings. The van der Waals surface area contributed by atoms with Gasteiger partial charge in [-0.3, -0.25) is 14.4 Å². The number of nitrogens with one attached hydrogen (secondary N) is 1. The Hall–Kier alpha value is -3.85. The van der Waals surface area contributed by atoms with Gasteiger partial charge in [0.1, 0.15) is 22.7 Å². The fourth-order valence-electron chi connectivity index (χ4n) is 4.37. The van der Waals surface area contributed by atoms with Crippen LogP contribution in [0.5, 0.6) is 0 Å². The first-order chi connectivity index (χ1) is 17.2. The van der Waals surface area contributed by atoms with Crippen LogP contribution in [0.25, 0.3) is 5.00 Å². The van der Waals surface area contributed by atoms with Gasteiger partial charge >= 0.3 is 5.97 Å². The minimum absolute atomic E-state index is 0.256. The second kappa shape index (κ2) is 9.31. The first-order valence-corrected chi connectivity index (χ1v) is 12.5. The number of carbonyl (C=O) groups is 1. The van der Waals surface area contributed by atoms with E-state index in [9.17, 15) is 14.3 Å². The highest BCUT2D eigenvalue weighted by molar-refractivity contribution is 7.15. The lowest BCUT2D eigenvalue weighted by Gasteiger charge is -2.16. The molecule has 1 aliphatic rings. The number of carboxylic acid groups (broad SMARTS) is 1. The summed E-state index contributed by atoms with van der Waals surface area (Å²) < 4.78 is 15.1. The average Bonchev–Trinajstić information content (AvgIpc) is 3.33. The molecule has 3 heterocycles. The number of hydrogen-bond acceptors (Lipinski definition) is 6. The third kappa shape index (κ3) is 4.19. The van der Waals surface area contributed by atoms with Crippen molar-refractivity contribution in [3.8, 4) is 5.00 Å². The molecular formula is C27H26FN5O2S. The number of aliphatic carboxylic acids is 1. The Morgan fingerprint density at radius 2 is 1.81 bits per heavy atom. The summed E-state index contributed by atoms with van der Waals surface area (Å²) in [5.41, 5.74) is 5.62. The number of halogens is 1. The van der Waals surface area contributed by atoms with Crippen LogP contribution in [0.1, 0.15) is 51.7 Å². The molecule has 1 unspecified atom stereocenters. The van der Waals surface area contributed by atoms with Crippen molar-refractivity contribution >= 4 is 28.7 Å². The molecule has 0 spiro atoms. The molecule has 5 rings (SSSR count). The van der Waals surface area contributed by atoms with Crippen molar-refractivity contribution < 1.29 is 14.3 Å². The molecule has 0 aliphatic carbocycles. The van der Waals surface area contributed by atoms with Gasteiger partial charge in [0.15, 0.2) is 5.82 Å². The average molecular weight is 504 g/mol. The van der Waals surface area contributed by atoms with E-state index in [1.54, 1.807) is 30.4 Å². The number of rotatable bonds is 6. The molecule has 2 aromatic heterocycles. The number of anilines is 1. The smallest absolute Gasteiger partial charge is 0.308 e. The molecule has 36 heavy (non-hydrogen) atoms. The number of thiophene rings is 1. The van der Waals surface area contributed by atoms with Crippen LogP contribution in [0.4, 0.5) is 10.1 Å². The molecule has 0 amide bonds. The zero-order valence-electron chi connectivity index (χ0n) is 20.4. The Morgan fingerprint density at radius 3 is 2.47 bits per heavy atom. The van der Waals surface area contributed by atoms with E-state index in [4.69, 9.17) is 4.99 Å². The summed E-state index contributed by atoms with van der Waals surface area (Å²) in [5, 5.41) is 22.8. The summed E-state index contributed by atoms with van der Waals surface area (Å²) in [5.74, 6) is -0.735. The van der Waals surface area contributed by atoms with Crippen molar-refractivity contribution in [3.05, 3.63) is 93.1 Å². The quantitative estimate of drug-likeness (QED) is 0.356. The standard InChI is InChI=1S/C27H26FN5O2S/c1-14-16(3)36-26-22(14)24(30-23(15(2)27(34)35)25-32-31-17(4)33(25)26)19-7-11-21(12-8-19)29-13-18-5-9-20(28)10-6-18/h5-12,15,23,29H,13H2,1-4H3,(H,34,35)/t15-,23?/m0/s1. The van der Waals surface area contributed by atoms with E-state index in [0.717, 1.165) is 43.5 Å². The molecule has 0 saturated carbocycles. The van der Waals surface area contributed by atoms with E-state index >= 15 is 0 Å². The Kier molecular flexibility index (Phi) is 6.17. The van der Waals surface area contributed by atoms with Crippen LogP contribution in [0.3, 0.4) is 0 Å². The zero-order chi connectivity index (χ0) is 25.6. The van der Waals surface area contributed by atoms with E-state index in [-0.39, 0.29) is 5.82 Å². The topological polar surface area (TPSA) is 92.4 Å². The molecule has 7 nitrogen and oxygen atoms in total. The van der Waals surface area contributed by atoms with Gasteiger partial charge in [-0.2, -0.15) is 0 Å². The Morgan fingerprint density at radius 1 is 1.11 bits per heavy atom. The van der Waals surface area contributed by atoms with Crippen molar-refractivity contribution in [2.45, 2.75) is 40.3 Å². The van der Waals surface area contributed by atoms with Crippen LogP contribution in [-0.2, 0) is 11.3 Å². The molecule has 1 aliphatic heterocycles. The van der Waals surface area contributed by atoms with Crippen LogP contribution in [0.2, 0.25) is 0 Å². The molecule has 0 saturated heterocycles. The number of aryl methyl sites for hydroxylation is 2. The lowest BCUT2D eigenvalue weighted by molar-refractivity contribution is -0.141. The van der Waals surface area contributed by atoms with E-state index < -0.39 is 17.9 Å². The molecule has 0 bridgehead atoms. The summed E-state index contributed by atoms with van der Waals surface area (Å²) in [6.07, 6.45) is 0. The number of carboxylic acids is 1. The predicted octanol–water partition coefficient (Wildman–Crippen LogP) is 5.62. The molecule has 2 aromatic carbocycles. The van der Waals surface area contributed by atoms with Gasteiger partial charge < -0.3 is 10.4 Å². The fourth-order valence-corrected chi connectivity index (χ4v) is 5.58. The number of hydrogen-bond donors (Lipinski definition) is 2. The van der Waals surface area contributed by atoms with E-state index in [2.05, 4.69) is 29.4 Å². The van der Waals surface area contributed by atoms with Gasteiger partial charge in [0.05, 0.1) is 11.6 Å². The van der Waals surface area contributed by atoms with E-state index in [1.165, 1.54) is 12.1 Å². The summed E-state index contributed by atoms with van der Waals surface area (Å²) >= 11 is 1.64. The summed E-state index contributed by atoms with van der Waals surface area (Å²) in [6, 6.07) is 13.6. The maximum Gasteiger partial charge on any atom is 0.308 e. The third-order valence-corrected chi connectivity index (χ3v) is 7.81. The largest absolute Gasteiger partial charge is 0.481 e. The van der Waals surface area contributed by atoms with Gasteiger partial charge in [0, 0.05) is 28.2 Å². The van der Waals surface area contributed by atoms with E-state index in [1.807, 2.05) is 35.8 Å². The molecule has 2 atom stereocenters. The zero-order valence-corrected chi connectivity index (χ0v) is 21.2. The van der Waals surface area contributed by atoms with Gasteiger partial charge in [0.2, 0.25) is 0 Å². The predicted molar refractivity (Wildman–Crippen MR) is 139 cm³/mol. The maximum absolute atomic E-state index is 13.2. The van der Waals surface area contributed by atoms with Crippen molar-refractivity contribution in [1.29, 1.82) is 0 Å². The molecule has 2 N–H and O–H groups in total. The summed E-state index contributed by atoms with van der Waals surface area (Å²) in [4.78, 5) is 18.2. The monoisotopic (exact) mass is 503 g/mol. The molecule has 0 fully saturated rings. The summed E-state index contributed by atoms with van der Waals surface area (Å²) in [7, 11) is 0. The minimum Gasteiger partial charge on any atom is -0.481 e. The number of benzene rings is 2. The van der Waals surface area contributed by atoms with Crippen LogP contribution < -0.4 is 5.32 Å². The normalized spacial score (nSPS) is 15.5. The number of nitrogens with zero attached hydrogens (tertiary/aromatic N) is 4. The van der Waals surface area contributed by atoms with Crippen LogP contribution in [0.15, 0.2) is 53.5 Å². The van der Waals surface area contributed by atoms with Crippen molar-refractivity contribution in [1.82, 2.24) is 14.8 Å². The Balaban J connectivity index is 1.56. The Labute approximate surface area is 212 Å². The first kappa shape index (κ1) is 23.9. The second-order valence-corrected chi connectivity index (χ2v) is 10.2. The molecule has 9 heteroatoms. The lowest BCUT2D eigenvalue weighted by atomic mass is 9.98. The molecular weight excluding hydrogens is 477 g/mol. The third-order valence-electron chi connectivity index (χ3n) is 6.62. The maximum atomic E-state index is 13.2. The highest BCUT2D eigenvalue weighted by Crippen LogP contribution is 2.40. The van der Waals surface area contributed by atoms with Gasteiger partial charge in [-0.05, 0) is 63.1 Å². The highest BCUT2D eigenvalue weighted by Gasteiger charge is 2.36. The first-order valence-electron chi connectivity index (χ1n) is 11.7. The van der Waals surface area contributed by atoms with Gasteiger partial charge in [0.25, 0.3) is 0 Å². The van der Waals surface area contributed by atoms with Crippen molar-refractivity contribution in [3.63, 3.8) is 0 Å². The molecule has 184 valence electrons. The van der Waals surface area contributed by atoms with Crippen molar-refractivity contribution in [2.75, 3.05) is 5.32 Å². The van der Waals surface area contributed by atoms with Crippen LogP contribution >= 0.6 is 11.3 Å².